The summed E-state index contributed by atoms with van der Waals surface area (Å²) in [5.74, 6) is 2.16. The highest BCUT2D eigenvalue weighted by Crippen LogP contribution is 2.23. The molecule has 3 aromatic rings. The topological polar surface area (TPSA) is 59.1 Å². The highest BCUT2D eigenvalue weighted by atomic mass is 16.5. The molecule has 0 spiro atoms. The largest absolute Gasteiger partial charge is 0.491 e. The Morgan fingerprint density at radius 2 is 1.59 bits per heavy atom. The fourth-order valence-corrected chi connectivity index (χ4v) is 2.72. The number of nitrogens with zero attached hydrogens (tertiary/aromatic N) is 2. The van der Waals surface area contributed by atoms with Crippen molar-refractivity contribution in [3.63, 3.8) is 0 Å². The molecule has 5 heteroatoms. The fraction of sp³-hybridized carbons (Fsp3) is 0.273. The van der Waals surface area contributed by atoms with Crippen molar-refractivity contribution in [1.82, 2.24) is 9.97 Å². The second-order valence-corrected chi connectivity index (χ2v) is 6.98. The number of anilines is 4. The van der Waals surface area contributed by atoms with E-state index < -0.39 is 0 Å². The van der Waals surface area contributed by atoms with Crippen molar-refractivity contribution in [3.8, 4) is 5.75 Å². The first kappa shape index (κ1) is 18.7. The van der Waals surface area contributed by atoms with Crippen molar-refractivity contribution >= 4 is 23.1 Å². The summed E-state index contributed by atoms with van der Waals surface area (Å²) in [7, 11) is 0. The number of benzene rings is 2. The van der Waals surface area contributed by atoms with Gasteiger partial charge in [-0.05, 0) is 76.1 Å². The molecule has 140 valence electrons. The average molecular weight is 362 g/mol. The molecular weight excluding hydrogens is 336 g/mol. The third-order valence-electron chi connectivity index (χ3n) is 3.99. The van der Waals surface area contributed by atoms with E-state index in [4.69, 9.17) is 4.74 Å². The second-order valence-electron chi connectivity index (χ2n) is 6.98. The number of aryl methyl sites for hydroxylation is 3. The SMILES string of the molecule is Cc1ccc(C)c(Nc2cc(C)nc(Nc3ccc(OC(C)C)cc3)n2)c1. The van der Waals surface area contributed by atoms with Gasteiger partial charge in [0.1, 0.15) is 11.6 Å². The zero-order valence-electron chi connectivity index (χ0n) is 16.5. The van der Waals surface area contributed by atoms with Crippen LogP contribution in [0.3, 0.4) is 0 Å². The molecule has 0 atom stereocenters. The Bertz CT molecular complexity index is 920. The van der Waals surface area contributed by atoms with Crippen LogP contribution >= 0.6 is 0 Å². The van der Waals surface area contributed by atoms with Crippen molar-refractivity contribution in [1.29, 1.82) is 0 Å². The molecule has 1 heterocycles. The maximum absolute atomic E-state index is 5.68. The van der Waals surface area contributed by atoms with Crippen molar-refractivity contribution in [2.24, 2.45) is 0 Å². The summed E-state index contributed by atoms with van der Waals surface area (Å²) in [5, 5.41) is 6.66. The summed E-state index contributed by atoms with van der Waals surface area (Å²) in [6.45, 7) is 10.1. The molecule has 0 unspecified atom stereocenters. The molecule has 0 aliphatic heterocycles. The molecule has 3 rings (SSSR count). The summed E-state index contributed by atoms with van der Waals surface area (Å²) in [4.78, 5) is 9.09. The molecule has 0 bridgehead atoms. The Kier molecular flexibility index (Phi) is 5.60. The van der Waals surface area contributed by atoms with E-state index in [-0.39, 0.29) is 6.10 Å². The van der Waals surface area contributed by atoms with Gasteiger partial charge in [-0.15, -0.1) is 0 Å². The Morgan fingerprint density at radius 3 is 2.30 bits per heavy atom. The summed E-state index contributed by atoms with van der Waals surface area (Å²) in [6.07, 6.45) is 0.155. The minimum atomic E-state index is 0.155. The molecule has 2 aromatic carbocycles. The van der Waals surface area contributed by atoms with Crippen LogP contribution in [-0.2, 0) is 0 Å². The molecule has 0 aliphatic carbocycles. The molecular formula is C22H26N4O. The zero-order chi connectivity index (χ0) is 19.4. The standard InChI is InChI=1S/C22H26N4O/c1-14(2)27-19-10-8-18(9-11-19)24-22-23-17(5)13-21(26-22)25-20-12-15(3)6-7-16(20)4/h6-14H,1-5H3,(H2,23,24,25,26). The minimum absolute atomic E-state index is 0.155. The molecule has 1 aromatic heterocycles. The Hall–Kier alpha value is -3.08. The highest BCUT2D eigenvalue weighted by Gasteiger charge is 2.06. The highest BCUT2D eigenvalue weighted by molar-refractivity contribution is 5.63. The number of ether oxygens (including phenoxy) is 1. The van der Waals surface area contributed by atoms with Gasteiger partial charge in [0.2, 0.25) is 5.95 Å². The third-order valence-corrected chi connectivity index (χ3v) is 3.99. The van der Waals surface area contributed by atoms with Gasteiger partial charge in [0.25, 0.3) is 0 Å². The zero-order valence-corrected chi connectivity index (χ0v) is 16.5. The number of rotatable bonds is 6. The normalized spacial score (nSPS) is 10.7. The van der Waals surface area contributed by atoms with E-state index in [1.54, 1.807) is 0 Å². The predicted molar refractivity (Wildman–Crippen MR) is 111 cm³/mol. The Labute approximate surface area is 160 Å². The van der Waals surface area contributed by atoms with Gasteiger partial charge in [0.15, 0.2) is 0 Å². The molecule has 0 saturated carbocycles. The molecule has 0 radical (unpaired) electrons. The monoisotopic (exact) mass is 362 g/mol. The molecule has 0 saturated heterocycles. The van der Waals surface area contributed by atoms with Crippen LogP contribution < -0.4 is 15.4 Å². The number of nitrogens with one attached hydrogen (secondary N) is 2. The van der Waals surface area contributed by atoms with Crippen LogP contribution in [0.2, 0.25) is 0 Å². The number of aromatic nitrogens is 2. The first-order valence-electron chi connectivity index (χ1n) is 9.13. The van der Waals surface area contributed by atoms with Crippen molar-refractivity contribution in [2.45, 2.75) is 40.7 Å². The minimum Gasteiger partial charge on any atom is -0.491 e. The van der Waals surface area contributed by atoms with Gasteiger partial charge >= 0.3 is 0 Å². The van der Waals surface area contributed by atoms with Crippen LogP contribution in [-0.4, -0.2) is 16.1 Å². The molecule has 27 heavy (non-hydrogen) atoms. The van der Waals surface area contributed by atoms with Crippen LogP contribution in [0.25, 0.3) is 0 Å². The Balaban J connectivity index is 1.78. The van der Waals surface area contributed by atoms with E-state index in [1.165, 1.54) is 11.1 Å². The van der Waals surface area contributed by atoms with Crippen molar-refractivity contribution in [2.75, 3.05) is 10.6 Å². The van der Waals surface area contributed by atoms with Gasteiger partial charge in [0, 0.05) is 23.1 Å². The van der Waals surface area contributed by atoms with Gasteiger partial charge in [-0.25, -0.2) is 4.98 Å². The molecule has 0 aliphatic rings. The smallest absolute Gasteiger partial charge is 0.229 e. The second kappa shape index (κ2) is 8.08. The van der Waals surface area contributed by atoms with Gasteiger partial charge in [0.05, 0.1) is 6.10 Å². The maximum atomic E-state index is 5.68. The van der Waals surface area contributed by atoms with Crippen LogP contribution in [0.5, 0.6) is 5.75 Å². The first-order valence-corrected chi connectivity index (χ1v) is 9.13. The average Bonchev–Trinajstić information content (AvgIpc) is 2.59. The summed E-state index contributed by atoms with van der Waals surface area (Å²) >= 11 is 0. The molecule has 0 amide bonds. The molecule has 0 fully saturated rings. The van der Waals surface area contributed by atoms with Gasteiger partial charge < -0.3 is 15.4 Å². The van der Waals surface area contributed by atoms with E-state index >= 15 is 0 Å². The number of hydrogen-bond donors (Lipinski definition) is 2. The third kappa shape index (κ3) is 5.20. The lowest BCUT2D eigenvalue weighted by Gasteiger charge is -2.13. The van der Waals surface area contributed by atoms with E-state index in [1.807, 2.05) is 51.1 Å². The van der Waals surface area contributed by atoms with Crippen LogP contribution in [0.4, 0.5) is 23.1 Å². The van der Waals surface area contributed by atoms with Crippen LogP contribution in [0.1, 0.15) is 30.7 Å². The van der Waals surface area contributed by atoms with E-state index in [0.29, 0.717) is 5.95 Å². The van der Waals surface area contributed by atoms with Crippen LogP contribution in [0, 0.1) is 20.8 Å². The van der Waals surface area contributed by atoms with E-state index in [2.05, 4.69) is 52.6 Å². The van der Waals surface area contributed by atoms with Gasteiger partial charge in [-0.3, -0.25) is 0 Å². The first-order chi connectivity index (χ1) is 12.9. The van der Waals surface area contributed by atoms with Gasteiger partial charge in [-0.1, -0.05) is 12.1 Å². The summed E-state index contributed by atoms with van der Waals surface area (Å²) in [5.41, 5.74) is 5.23. The predicted octanol–water partition coefficient (Wildman–Crippen LogP) is 5.68. The van der Waals surface area contributed by atoms with E-state index in [0.717, 1.165) is 28.6 Å². The van der Waals surface area contributed by atoms with Gasteiger partial charge in [-0.2, -0.15) is 4.98 Å². The lowest BCUT2D eigenvalue weighted by atomic mass is 10.1. The fourth-order valence-electron chi connectivity index (χ4n) is 2.72. The van der Waals surface area contributed by atoms with E-state index in [9.17, 15) is 0 Å². The lowest BCUT2D eigenvalue weighted by molar-refractivity contribution is 0.242. The maximum Gasteiger partial charge on any atom is 0.229 e. The number of hydrogen-bond acceptors (Lipinski definition) is 5. The van der Waals surface area contributed by atoms with Crippen LogP contribution in [0.15, 0.2) is 48.5 Å². The summed E-state index contributed by atoms with van der Waals surface area (Å²) in [6, 6.07) is 16.1. The summed E-state index contributed by atoms with van der Waals surface area (Å²) < 4.78 is 5.68. The quantitative estimate of drug-likeness (QED) is 0.591. The lowest BCUT2D eigenvalue weighted by Crippen LogP contribution is -2.05. The molecule has 5 nitrogen and oxygen atoms in total. The molecule has 2 N–H and O–H groups in total. The van der Waals surface area contributed by atoms with Crippen molar-refractivity contribution < 1.29 is 4.74 Å². The van der Waals surface area contributed by atoms with Crippen molar-refractivity contribution in [3.05, 3.63) is 65.4 Å². The Morgan fingerprint density at radius 1 is 0.852 bits per heavy atom.